The lowest BCUT2D eigenvalue weighted by atomic mass is 9.97. The molecule has 0 spiro atoms. The van der Waals surface area contributed by atoms with Crippen molar-refractivity contribution in [3.8, 4) is 0 Å². The van der Waals surface area contributed by atoms with Crippen LogP contribution < -0.4 is 5.32 Å². The summed E-state index contributed by atoms with van der Waals surface area (Å²) in [7, 11) is 0. The highest BCUT2D eigenvalue weighted by atomic mass is 16.3. The Morgan fingerprint density at radius 1 is 1.41 bits per heavy atom. The molecule has 1 heterocycles. The molecule has 1 aromatic rings. The summed E-state index contributed by atoms with van der Waals surface area (Å²) in [6.07, 6.45) is 1.89. The van der Waals surface area contributed by atoms with Gasteiger partial charge in [0.15, 0.2) is 5.78 Å². The Bertz CT molecular complexity index is 563. The van der Waals surface area contributed by atoms with Gasteiger partial charge in [-0.25, -0.2) is 0 Å². The number of ketones is 1. The van der Waals surface area contributed by atoms with Crippen LogP contribution >= 0.6 is 0 Å². The van der Waals surface area contributed by atoms with Crippen molar-refractivity contribution in [3.05, 3.63) is 29.8 Å². The van der Waals surface area contributed by atoms with Crippen LogP contribution in [0, 0.1) is 0 Å². The first kappa shape index (κ1) is 16.6. The second-order valence-corrected chi connectivity index (χ2v) is 6.47. The summed E-state index contributed by atoms with van der Waals surface area (Å²) >= 11 is 0. The number of likely N-dealkylation sites (tertiary alicyclic amines) is 1. The van der Waals surface area contributed by atoms with Gasteiger partial charge in [0.25, 0.3) is 0 Å². The second-order valence-electron chi connectivity index (χ2n) is 6.47. The molecule has 1 aromatic carbocycles. The van der Waals surface area contributed by atoms with Gasteiger partial charge in [-0.15, -0.1) is 0 Å². The molecular weight excluding hydrogens is 280 g/mol. The molecular formula is C17H24N2O3. The van der Waals surface area contributed by atoms with Gasteiger partial charge in [-0.3, -0.25) is 14.5 Å². The fourth-order valence-electron chi connectivity index (χ4n) is 3.02. The molecule has 0 radical (unpaired) electrons. The van der Waals surface area contributed by atoms with Crippen LogP contribution in [0.4, 0.5) is 5.69 Å². The van der Waals surface area contributed by atoms with Crippen LogP contribution in [0.1, 0.15) is 44.0 Å². The molecule has 0 bridgehead atoms. The van der Waals surface area contributed by atoms with Gasteiger partial charge in [-0.05, 0) is 52.3 Å². The van der Waals surface area contributed by atoms with E-state index < -0.39 is 5.60 Å². The maximum atomic E-state index is 12.2. The summed E-state index contributed by atoms with van der Waals surface area (Å²) in [6.45, 7) is 6.13. The molecule has 2 rings (SSSR count). The Kier molecular flexibility index (Phi) is 4.98. The highest BCUT2D eigenvalue weighted by Gasteiger charge is 2.36. The number of rotatable bonds is 5. The van der Waals surface area contributed by atoms with Gasteiger partial charge in [0.2, 0.25) is 5.91 Å². The van der Waals surface area contributed by atoms with Crippen molar-refractivity contribution in [1.82, 2.24) is 4.90 Å². The van der Waals surface area contributed by atoms with Crippen LogP contribution in [-0.2, 0) is 4.79 Å². The van der Waals surface area contributed by atoms with Gasteiger partial charge < -0.3 is 10.4 Å². The number of nitrogens with one attached hydrogen (secondary N) is 1. The van der Waals surface area contributed by atoms with E-state index in [4.69, 9.17) is 0 Å². The molecule has 1 aliphatic rings. The van der Waals surface area contributed by atoms with E-state index in [0.717, 1.165) is 19.4 Å². The molecule has 1 aliphatic heterocycles. The van der Waals surface area contributed by atoms with E-state index >= 15 is 0 Å². The van der Waals surface area contributed by atoms with Crippen molar-refractivity contribution < 1.29 is 14.7 Å². The lowest BCUT2D eigenvalue weighted by Gasteiger charge is -2.33. The van der Waals surface area contributed by atoms with Crippen molar-refractivity contribution in [3.63, 3.8) is 0 Å². The number of amides is 1. The molecule has 22 heavy (non-hydrogen) atoms. The standard InChI is InChI=1S/C17H24N2O3/c1-12(20)13-6-4-7-14(10-13)18-16(21)11-19-9-5-8-15(19)17(2,3)22/h4,6-7,10,15,22H,5,8-9,11H2,1-3H3,(H,18,21). The minimum absolute atomic E-state index is 0.00167. The summed E-state index contributed by atoms with van der Waals surface area (Å²) in [5, 5.41) is 13.0. The number of carbonyl (C=O) groups is 2. The van der Waals surface area contributed by atoms with Gasteiger partial charge >= 0.3 is 0 Å². The van der Waals surface area contributed by atoms with Crippen LogP contribution in [-0.4, -0.2) is 46.4 Å². The Balaban J connectivity index is 1.98. The molecule has 1 atom stereocenters. The number of anilines is 1. The Morgan fingerprint density at radius 2 is 2.14 bits per heavy atom. The quantitative estimate of drug-likeness (QED) is 0.817. The van der Waals surface area contributed by atoms with Crippen molar-refractivity contribution in [1.29, 1.82) is 0 Å². The lowest BCUT2D eigenvalue weighted by molar-refractivity contribution is -0.118. The van der Waals surface area contributed by atoms with Crippen molar-refractivity contribution >= 4 is 17.4 Å². The van der Waals surface area contributed by atoms with E-state index in [1.165, 1.54) is 6.92 Å². The summed E-state index contributed by atoms with van der Waals surface area (Å²) < 4.78 is 0. The zero-order chi connectivity index (χ0) is 16.3. The van der Waals surface area contributed by atoms with Gasteiger partial charge in [0, 0.05) is 17.3 Å². The topological polar surface area (TPSA) is 69.6 Å². The molecule has 0 aromatic heterocycles. The summed E-state index contributed by atoms with van der Waals surface area (Å²) in [6, 6.07) is 6.92. The number of hydrogen-bond acceptors (Lipinski definition) is 4. The first-order chi connectivity index (χ1) is 10.3. The molecule has 0 aliphatic carbocycles. The minimum Gasteiger partial charge on any atom is -0.389 e. The number of carbonyl (C=O) groups excluding carboxylic acids is 2. The van der Waals surface area contributed by atoms with Crippen LogP contribution in [0.5, 0.6) is 0 Å². The zero-order valence-corrected chi connectivity index (χ0v) is 13.4. The van der Waals surface area contributed by atoms with Crippen molar-refractivity contribution in [2.45, 2.75) is 45.3 Å². The first-order valence-corrected chi connectivity index (χ1v) is 7.64. The number of hydrogen-bond donors (Lipinski definition) is 2. The van der Waals surface area contributed by atoms with E-state index in [1.807, 2.05) is 4.90 Å². The van der Waals surface area contributed by atoms with Gasteiger partial charge in [-0.1, -0.05) is 12.1 Å². The third kappa shape index (κ3) is 4.15. The molecule has 1 fully saturated rings. The van der Waals surface area contributed by atoms with Gasteiger partial charge in [-0.2, -0.15) is 0 Å². The highest BCUT2D eigenvalue weighted by Crippen LogP contribution is 2.26. The molecule has 2 N–H and O–H groups in total. The fraction of sp³-hybridized carbons (Fsp3) is 0.529. The Morgan fingerprint density at radius 3 is 2.77 bits per heavy atom. The van der Waals surface area contributed by atoms with E-state index in [9.17, 15) is 14.7 Å². The average molecular weight is 304 g/mol. The minimum atomic E-state index is -0.814. The molecule has 1 saturated heterocycles. The number of nitrogens with zero attached hydrogens (tertiary/aromatic N) is 1. The summed E-state index contributed by atoms with van der Waals surface area (Å²) in [5.74, 6) is -0.158. The van der Waals surface area contributed by atoms with E-state index in [-0.39, 0.29) is 24.3 Å². The number of Topliss-reactive ketones (excluding diaryl/α,β-unsaturated/α-hetero) is 1. The third-order valence-corrected chi connectivity index (χ3v) is 4.08. The first-order valence-electron chi connectivity index (χ1n) is 7.64. The fourth-order valence-corrected chi connectivity index (χ4v) is 3.02. The zero-order valence-electron chi connectivity index (χ0n) is 13.4. The van der Waals surface area contributed by atoms with E-state index in [2.05, 4.69) is 5.32 Å². The number of aliphatic hydroxyl groups is 1. The van der Waals surface area contributed by atoms with Crippen molar-refractivity contribution in [2.75, 3.05) is 18.4 Å². The van der Waals surface area contributed by atoms with E-state index in [1.54, 1.807) is 38.1 Å². The SMILES string of the molecule is CC(=O)c1cccc(NC(=O)CN2CCCC2C(C)(C)O)c1. The average Bonchev–Trinajstić information content (AvgIpc) is 2.86. The monoisotopic (exact) mass is 304 g/mol. The van der Waals surface area contributed by atoms with Gasteiger partial charge in [0.05, 0.1) is 12.1 Å². The predicted octanol–water partition coefficient (Wildman–Crippen LogP) is 2.06. The number of benzene rings is 1. The molecule has 5 heteroatoms. The lowest BCUT2D eigenvalue weighted by Crippen LogP contribution is -2.48. The normalized spacial score (nSPS) is 19.2. The highest BCUT2D eigenvalue weighted by molar-refractivity contribution is 5.97. The Hall–Kier alpha value is -1.72. The second kappa shape index (κ2) is 6.58. The maximum absolute atomic E-state index is 12.2. The smallest absolute Gasteiger partial charge is 0.238 e. The summed E-state index contributed by atoms with van der Waals surface area (Å²) in [5.41, 5.74) is 0.385. The van der Waals surface area contributed by atoms with E-state index in [0.29, 0.717) is 11.3 Å². The predicted molar refractivity (Wildman–Crippen MR) is 86.0 cm³/mol. The maximum Gasteiger partial charge on any atom is 0.238 e. The molecule has 5 nitrogen and oxygen atoms in total. The molecule has 1 unspecified atom stereocenters. The van der Waals surface area contributed by atoms with Crippen LogP contribution in [0.3, 0.4) is 0 Å². The molecule has 0 saturated carbocycles. The summed E-state index contributed by atoms with van der Waals surface area (Å²) in [4.78, 5) is 25.6. The van der Waals surface area contributed by atoms with Crippen molar-refractivity contribution in [2.24, 2.45) is 0 Å². The van der Waals surface area contributed by atoms with Gasteiger partial charge in [0.1, 0.15) is 0 Å². The third-order valence-electron chi connectivity index (χ3n) is 4.08. The molecule has 120 valence electrons. The Labute approximate surface area is 131 Å². The van der Waals surface area contributed by atoms with Crippen LogP contribution in [0.25, 0.3) is 0 Å². The largest absolute Gasteiger partial charge is 0.389 e. The van der Waals surface area contributed by atoms with Crippen LogP contribution in [0.15, 0.2) is 24.3 Å². The molecule has 1 amide bonds. The van der Waals surface area contributed by atoms with Crippen LogP contribution in [0.2, 0.25) is 0 Å².